The second kappa shape index (κ2) is 10.9. The van der Waals surface area contributed by atoms with Crippen molar-refractivity contribution >= 4 is 18.2 Å². The highest BCUT2D eigenvalue weighted by Crippen LogP contribution is 2.44. The Morgan fingerprint density at radius 3 is 1.97 bits per heavy atom. The molecule has 0 saturated carbocycles. The van der Waals surface area contributed by atoms with Crippen LogP contribution in [-0.2, 0) is 20.9 Å². The fraction of sp³-hybridized carbons (Fsp3) is 0.250. The van der Waals surface area contributed by atoms with Crippen molar-refractivity contribution in [3.05, 3.63) is 95.6 Å². The molecule has 36 heavy (non-hydrogen) atoms. The van der Waals surface area contributed by atoms with Crippen molar-refractivity contribution in [1.29, 1.82) is 0 Å². The summed E-state index contributed by atoms with van der Waals surface area (Å²) >= 11 is 0. The summed E-state index contributed by atoms with van der Waals surface area (Å²) < 4.78 is 10.8. The standard InChI is InChI=1S/C28H28N2O6/c1-18(2)30(28(34)36-16-19-10-4-3-5-11-19)25(26(31)32)29-27(33)35-17-24-22-14-8-6-12-20(22)21-13-7-9-15-23(21)24/h3-15,18,24-25H,16-17H2,1-2H3,(H,29,33)(H,31,32). The first-order valence-corrected chi connectivity index (χ1v) is 11.7. The number of ether oxygens (including phenoxy) is 2. The minimum absolute atomic E-state index is 0.0202. The smallest absolute Gasteiger partial charge is 0.412 e. The molecule has 8 heteroatoms. The highest BCUT2D eigenvalue weighted by Gasteiger charge is 2.35. The summed E-state index contributed by atoms with van der Waals surface area (Å²) in [5.41, 5.74) is 4.99. The third-order valence-corrected chi connectivity index (χ3v) is 6.08. The zero-order valence-electron chi connectivity index (χ0n) is 20.1. The van der Waals surface area contributed by atoms with Crippen LogP contribution in [0.15, 0.2) is 78.9 Å². The molecule has 1 aliphatic rings. The van der Waals surface area contributed by atoms with Crippen molar-refractivity contribution in [3.63, 3.8) is 0 Å². The topological polar surface area (TPSA) is 105 Å². The molecule has 0 saturated heterocycles. The lowest BCUT2D eigenvalue weighted by atomic mass is 9.98. The van der Waals surface area contributed by atoms with E-state index in [-0.39, 0.29) is 19.1 Å². The van der Waals surface area contributed by atoms with Gasteiger partial charge in [0.1, 0.15) is 13.2 Å². The molecule has 0 fully saturated rings. The van der Waals surface area contributed by atoms with E-state index in [2.05, 4.69) is 5.32 Å². The van der Waals surface area contributed by atoms with Gasteiger partial charge in [0.25, 0.3) is 0 Å². The number of aliphatic carboxylic acids is 1. The molecule has 0 spiro atoms. The summed E-state index contributed by atoms with van der Waals surface area (Å²) in [6.07, 6.45) is -3.46. The van der Waals surface area contributed by atoms with Crippen LogP contribution in [0.2, 0.25) is 0 Å². The quantitative estimate of drug-likeness (QED) is 0.433. The highest BCUT2D eigenvalue weighted by atomic mass is 16.6. The Morgan fingerprint density at radius 1 is 0.861 bits per heavy atom. The molecular formula is C28H28N2O6. The van der Waals surface area contributed by atoms with E-state index in [1.807, 2.05) is 66.7 Å². The number of hydrogen-bond donors (Lipinski definition) is 2. The molecular weight excluding hydrogens is 460 g/mol. The van der Waals surface area contributed by atoms with E-state index in [0.29, 0.717) is 0 Å². The van der Waals surface area contributed by atoms with Crippen LogP contribution in [0.3, 0.4) is 0 Å². The molecule has 4 rings (SSSR count). The van der Waals surface area contributed by atoms with Crippen molar-refractivity contribution in [3.8, 4) is 11.1 Å². The number of benzene rings is 3. The average Bonchev–Trinajstić information content (AvgIpc) is 3.20. The Balaban J connectivity index is 1.43. The largest absolute Gasteiger partial charge is 0.478 e. The maximum atomic E-state index is 12.8. The fourth-order valence-corrected chi connectivity index (χ4v) is 4.41. The second-order valence-corrected chi connectivity index (χ2v) is 8.75. The highest BCUT2D eigenvalue weighted by molar-refractivity contribution is 5.84. The number of nitrogens with one attached hydrogen (secondary N) is 1. The van der Waals surface area contributed by atoms with Crippen LogP contribution in [-0.4, -0.2) is 47.0 Å². The van der Waals surface area contributed by atoms with Gasteiger partial charge in [-0.25, -0.2) is 14.4 Å². The van der Waals surface area contributed by atoms with Crippen LogP contribution in [0.1, 0.15) is 36.5 Å². The monoisotopic (exact) mass is 488 g/mol. The van der Waals surface area contributed by atoms with E-state index < -0.39 is 30.4 Å². The summed E-state index contributed by atoms with van der Waals surface area (Å²) in [5.74, 6) is -1.59. The SMILES string of the molecule is CC(C)N(C(=O)OCc1ccccc1)C(NC(=O)OCC1c2ccccc2-c2ccccc21)C(=O)O. The molecule has 0 aliphatic heterocycles. The van der Waals surface area contributed by atoms with Crippen LogP contribution in [0.4, 0.5) is 9.59 Å². The molecule has 2 amide bonds. The van der Waals surface area contributed by atoms with Crippen molar-refractivity contribution in [2.24, 2.45) is 0 Å². The van der Waals surface area contributed by atoms with Gasteiger partial charge in [-0.2, -0.15) is 0 Å². The predicted octanol–water partition coefficient (Wildman–Crippen LogP) is 4.98. The maximum Gasteiger partial charge on any atom is 0.412 e. The first kappa shape index (κ1) is 24.8. The number of nitrogens with zero attached hydrogens (tertiary/aromatic N) is 1. The first-order valence-electron chi connectivity index (χ1n) is 11.7. The van der Waals surface area contributed by atoms with Crippen molar-refractivity contribution < 1.29 is 29.0 Å². The molecule has 186 valence electrons. The Kier molecular flexibility index (Phi) is 7.53. The number of rotatable bonds is 8. The van der Waals surface area contributed by atoms with Crippen LogP contribution >= 0.6 is 0 Å². The normalized spacial score (nSPS) is 12.9. The minimum Gasteiger partial charge on any atom is -0.478 e. The van der Waals surface area contributed by atoms with Gasteiger partial charge in [-0.3, -0.25) is 10.2 Å². The number of carboxylic acids is 1. The number of carboxylic acid groups (broad SMARTS) is 1. The Labute approximate surface area is 209 Å². The molecule has 3 aromatic rings. The van der Waals surface area contributed by atoms with Gasteiger partial charge >= 0.3 is 18.2 Å². The minimum atomic E-state index is -1.66. The van der Waals surface area contributed by atoms with Gasteiger partial charge < -0.3 is 14.6 Å². The summed E-state index contributed by atoms with van der Waals surface area (Å²) in [5, 5.41) is 12.1. The van der Waals surface area contributed by atoms with Crippen molar-refractivity contribution in [2.75, 3.05) is 6.61 Å². The van der Waals surface area contributed by atoms with E-state index in [9.17, 15) is 19.5 Å². The number of carbonyl (C=O) groups is 3. The first-order chi connectivity index (χ1) is 17.4. The molecule has 0 aromatic heterocycles. The van der Waals surface area contributed by atoms with Crippen molar-refractivity contribution in [1.82, 2.24) is 10.2 Å². The van der Waals surface area contributed by atoms with Crippen LogP contribution in [0, 0.1) is 0 Å². The third-order valence-electron chi connectivity index (χ3n) is 6.08. The lowest BCUT2D eigenvalue weighted by Gasteiger charge is -2.31. The van der Waals surface area contributed by atoms with Crippen molar-refractivity contribution in [2.45, 2.75) is 38.6 Å². The van der Waals surface area contributed by atoms with Crippen LogP contribution < -0.4 is 5.32 Å². The van der Waals surface area contributed by atoms with Gasteiger partial charge in [-0.05, 0) is 41.7 Å². The number of carbonyl (C=O) groups excluding carboxylic acids is 2. The Morgan fingerprint density at radius 2 is 1.42 bits per heavy atom. The molecule has 1 unspecified atom stereocenters. The second-order valence-electron chi connectivity index (χ2n) is 8.75. The molecule has 0 bridgehead atoms. The number of hydrogen-bond acceptors (Lipinski definition) is 5. The lowest BCUT2D eigenvalue weighted by Crippen LogP contribution is -2.57. The van der Waals surface area contributed by atoms with E-state index in [1.54, 1.807) is 26.0 Å². The molecule has 3 aromatic carbocycles. The lowest BCUT2D eigenvalue weighted by molar-refractivity contribution is -0.144. The number of alkyl carbamates (subject to hydrolysis) is 1. The van der Waals surface area contributed by atoms with Gasteiger partial charge in [-0.15, -0.1) is 0 Å². The average molecular weight is 489 g/mol. The zero-order chi connectivity index (χ0) is 25.7. The molecule has 1 atom stereocenters. The van der Waals surface area contributed by atoms with Gasteiger partial charge in [-0.1, -0.05) is 78.9 Å². The molecule has 2 N–H and O–H groups in total. The summed E-state index contributed by atoms with van der Waals surface area (Å²) in [6.45, 7) is 3.27. The molecule has 8 nitrogen and oxygen atoms in total. The summed E-state index contributed by atoms with van der Waals surface area (Å²) in [4.78, 5) is 38.5. The number of amides is 2. The van der Waals surface area contributed by atoms with Crippen LogP contribution in [0.25, 0.3) is 11.1 Å². The summed E-state index contributed by atoms with van der Waals surface area (Å²) in [7, 11) is 0. The van der Waals surface area contributed by atoms with Crippen LogP contribution in [0.5, 0.6) is 0 Å². The van der Waals surface area contributed by atoms with E-state index >= 15 is 0 Å². The molecule has 1 aliphatic carbocycles. The zero-order valence-corrected chi connectivity index (χ0v) is 20.1. The van der Waals surface area contributed by atoms with E-state index in [0.717, 1.165) is 32.7 Å². The van der Waals surface area contributed by atoms with Gasteiger partial charge in [0.2, 0.25) is 6.17 Å². The fourth-order valence-electron chi connectivity index (χ4n) is 4.41. The van der Waals surface area contributed by atoms with E-state index in [4.69, 9.17) is 9.47 Å². The van der Waals surface area contributed by atoms with Gasteiger partial charge in [0.15, 0.2) is 0 Å². The Hall–Kier alpha value is -4.33. The predicted molar refractivity (Wildman–Crippen MR) is 133 cm³/mol. The van der Waals surface area contributed by atoms with E-state index in [1.165, 1.54) is 0 Å². The third kappa shape index (κ3) is 5.33. The summed E-state index contributed by atoms with van der Waals surface area (Å²) in [6, 6.07) is 24.3. The molecule has 0 radical (unpaired) electrons. The van der Waals surface area contributed by atoms with Gasteiger partial charge in [0.05, 0.1) is 0 Å². The number of fused-ring (bicyclic) bond motifs is 3. The Bertz CT molecular complexity index is 1200. The maximum absolute atomic E-state index is 12.8. The van der Waals surface area contributed by atoms with Gasteiger partial charge in [0, 0.05) is 12.0 Å². The molecule has 0 heterocycles.